The van der Waals surface area contributed by atoms with E-state index in [4.69, 9.17) is 10.5 Å². The highest BCUT2D eigenvalue weighted by atomic mass is 16.5. The minimum absolute atomic E-state index is 0.298. The smallest absolute Gasteiger partial charge is 0.181 e. The molecule has 7 nitrogen and oxygen atoms in total. The van der Waals surface area contributed by atoms with Gasteiger partial charge in [-0.25, -0.2) is 4.98 Å². The molecule has 2 unspecified atom stereocenters. The van der Waals surface area contributed by atoms with Crippen LogP contribution in [-0.4, -0.2) is 44.2 Å². The Bertz CT molecular complexity index is 1090. The molecule has 1 fully saturated rings. The van der Waals surface area contributed by atoms with Gasteiger partial charge in [-0.2, -0.15) is 0 Å². The normalized spacial score (nSPS) is 16.0. The molecular weight excluding hydrogens is 406 g/mol. The second-order valence-electron chi connectivity index (χ2n) is 8.02. The van der Waals surface area contributed by atoms with E-state index in [-0.39, 0.29) is 12.7 Å². The lowest BCUT2D eigenvalue weighted by Crippen LogP contribution is -2.46. The molecule has 0 spiro atoms. The van der Waals surface area contributed by atoms with Gasteiger partial charge in [-0.1, -0.05) is 36.1 Å². The topological polar surface area (TPSA) is 114 Å². The monoisotopic (exact) mass is 433 g/mol. The Labute approximate surface area is 187 Å². The van der Waals surface area contributed by atoms with Crippen LogP contribution in [0.1, 0.15) is 24.2 Å². The van der Waals surface area contributed by atoms with Crippen LogP contribution in [0.5, 0.6) is 5.75 Å². The van der Waals surface area contributed by atoms with E-state index >= 15 is 0 Å². The number of imidazole rings is 1. The van der Waals surface area contributed by atoms with Crippen LogP contribution in [0.3, 0.4) is 0 Å². The van der Waals surface area contributed by atoms with Crippen molar-refractivity contribution in [1.82, 2.24) is 9.55 Å². The number of benzene rings is 2. The average molecular weight is 434 g/mol. The van der Waals surface area contributed by atoms with Gasteiger partial charge in [0.05, 0.1) is 12.7 Å². The second-order valence-corrected chi connectivity index (χ2v) is 8.02. The van der Waals surface area contributed by atoms with Crippen molar-refractivity contribution < 1.29 is 20.1 Å². The molecule has 5 N–H and O–H groups in total. The van der Waals surface area contributed by atoms with E-state index in [1.807, 2.05) is 48.5 Å². The highest BCUT2D eigenvalue weighted by Gasteiger charge is 2.30. The molecule has 7 heteroatoms. The minimum atomic E-state index is -1.38. The Morgan fingerprint density at radius 3 is 2.34 bits per heavy atom. The predicted octanol–water partition coefficient (Wildman–Crippen LogP) is 1.85. The number of hydrogen-bond acceptors (Lipinski definition) is 6. The van der Waals surface area contributed by atoms with Crippen molar-refractivity contribution in [2.45, 2.75) is 31.2 Å². The number of nitrogens with zero attached hydrogens (tertiary/aromatic N) is 2. The number of aliphatic hydroxyl groups is 3. The Balaban J connectivity index is 1.43. The summed E-state index contributed by atoms with van der Waals surface area (Å²) in [5.74, 6) is 7.36. The minimum Gasteiger partial charge on any atom is -0.491 e. The fraction of sp³-hybridized carbons (Fsp3) is 0.320. The molecular formula is C25H27N3O4. The van der Waals surface area contributed by atoms with E-state index in [0.29, 0.717) is 18.3 Å². The highest BCUT2D eigenvalue weighted by molar-refractivity contribution is 5.65. The zero-order valence-electron chi connectivity index (χ0n) is 17.7. The van der Waals surface area contributed by atoms with Crippen molar-refractivity contribution in [3.8, 4) is 28.7 Å². The van der Waals surface area contributed by atoms with E-state index in [9.17, 15) is 15.3 Å². The molecule has 1 saturated carbocycles. The predicted molar refractivity (Wildman–Crippen MR) is 120 cm³/mol. The average Bonchev–Trinajstić information content (AvgIpc) is 3.58. The summed E-state index contributed by atoms with van der Waals surface area (Å²) < 4.78 is 7.15. The summed E-state index contributed by atoms with van der Waals surface area (Å²) in [5.41, 5.74) is 7.68. The first kappa shape index (κ1) is 22.1. The van der Waals surface area contributed by atoms with Crippen molar-refractivity contribution >= 4 is 0 Å². The van der Waals surface area contributed by atoms with E-state index in [1.54, 1.807) is 6.20 Å². The van der Waals surface area contributed by atoms with Crippen molar-refractivity contribution in [3.05, 3.63) is 72.3 Å². The van der Waals surface area contributed by atoms with E-state index in [2.05, 4.69) is 16.8 Å². The standard InChI is InChI=1S/C25H27N3O4/c26-25(17-30,28-14-13-27-24(28)15-29)12-11-18-1-3-19(4-2-18)20-7-9-22(10-8-20)32-16-23(31)21-5-6-21/h1-4,7-10,13-14,21,23,29-31H,5-6,15-17,26H2. The first-order valence-electron chi connectivity index (χ1n) is 10.6. The maximum absolute atomic E-state index is 9.93. The molecule has 2 atom stereocenters. The van der Waals surface area contributed by atoms with Gasteiger partial charge in [0.2, 0.25) is 0 Å². The first-order chi connectivity index (χ1) is 15.5. The Kier molecular flexibility index (Phi) is 6.58. The van der Waals surface area contributed by atoms with Gasteiger partial charge < -0.3 is 24.6 Å². The SMILES string of the molecule is NC(C#Cc1ccc(-c2ccc(OCC(O)C3CC3)cc2)cc1)(CO)n1ccnc1CO. The molecule has 2 aromatic carbocycles. The van der Waals surface area contributed by atoms with Crippen molar-refractivity contribution in [1.29, 1.82) is 0 Å². The molecule has 3 aromatic rings. The highest BCUT2D eigenvalue weighted by Crippen LogP contribution is 2.33. The van der Waals surface area contributed by atoms with Gasteiger partial charge in [0.25, 0.3) is 0 Å². The third kappa shape index (κ3) is 5.01. The lowest BCUT2D eigenvalue weighted by molar-refractivity contribution is 0.0894. The molecule has 0 saturated heterocycles. The number of rotatable bonds is 8. The van der Waals surface area contributed by atoms with Crippen LogP contribution in [0, 0.1) is 17.8 Å². The van der Waals surface area contributed by atoms with Crippen LogP contribution >= 0.6 is 0 Å². The number of ether oxygens (including phenoxy) is 1. The van der Waals surface area contributed by atoms with Gasteiger partial charge in [0.15, 0.2) is 5.66 Å². The summed E-state index contributed by atoms with van der Waals surface area (Å²) in [6.45, 7) is -0.395. The molecule has 0 bridgehead atoms. The van der Waals surface area contributed by atoms with Crippen molar-refractivity contribution in [3.63, 3.8) is 0 Å². The maximum atomic E-state index is 9.93. The van der Waals surface area contributed by atoms with E-state index < -0.39 is 12.3 Å². The van der Waals surface area contributed by atoms with Crippen LogP contribution in [0.25, 0.3) is 11.1 Å². The molecule has 4 rings (SSSR count). The van der Waals surface area contributed by atoms with Crippen molar-refractivity contribution in [2.24, 2.45) is 11.7 Å². The zero-order chi connectivity index (χ0) is 22.6. The lowest BCUT2D eigenvalue weighted by atomic mass is 10.0. The maximum Gasteiger partial charge on any atom is 0.181 e. The van der Waals surface area contributed by atoms with Gasteiger partial charge in [-0.3, -0.25) is 5.73 Å². The largest absolute Gasteiger partial charge is 0.491 e. The van der Waals surface area contributed by atoms with E-state index in [0.717, 1.165) is 35.3 Å². The van der Waals surface area contributed by atoms with Gasteiger partial charge in [-0.05, 0) is 54.2 Å². The van der Waals surface area contributed by atoms with Gasteiger partial charge in [-0.15, -0.1) is 0 Å². The number of hydrogen-bond donors (Lipinski definition) is 4. The number of nitrogens with two attached hydrogens (primary N) is 1. The van der Waals surface area contributed by atoms with Crippen LogP contribution in [0.4, 0.5) is 0 Å². The molecule has 166 valence electrons. The molecule has 0 amide bonds. The molecule has 0 radical (unpaired) electrons. The molecule has 1 aliphatic rings. The van der Waals surface area contributed by atoms with Crippen molar-refractivity contribution in [2.75, 3.05) is 13.2 Å². The quantitative estimate of drug-likeness (QED) is 0.403. The zero-order valence-corrected chi connectivity index (χ0v) is 17.7. The Morgan fingerprint density at radius 2 is 1.75 bits per heavy atom. The first-order valence-corrected chi connectivity index (χ1v) is 10.6. The summed E-state index contributed by atoms with van der Waals surface area (Å²) >= 11 is 0. The number of aromatic nitrogens is 2. The fourth-order valence-corrected chi connectivity index (χ4v) is 3.46. The molecule has 1 heterocycles. The van der Waals surface area contributed by atoms with Crippen LogP contribution in [-0.2, 0) is 12.3 Å². The Hall–Kier alpha value is -3.15. The van der Waals surface area contributed by atoms with Gasteiger partial charge in [0, 0.05) is 18.0 Å². The molecule has 0 aliphatic heterocycles. The summed E-state index contributed by atoms with van der Waals surface area (Å²) in [4.78, 5) is 4.02. The van der Waals surface area contributed by atoms with Gasteiger partial charge in [0.1, 0.15) is 24.8 Å². The van der Waals surface area contributed by atoms with Crippen LogP contribution in [0.15, 0.2) is 60.9 Å². The van der Waals surface area contributed by atoms with Gasteiger partial charge >= 0.3 is 0 Å². The lowest BCUT2D eigenvalue weighted by Gasteiger charge is -2.24. The Morgan fingerprint density at radius 1 is 1.09 bits per heavy atom. The second kappa shape index (κ2) is 9.55. The summed E-state index contributed by atoms with van der Waals surface area (Å²) in [6.07, 6.45) is 4.88. The summed E-state index contributed by atoms with van der Waals surface area (Å²) in [5, 5.41) is 29.1. The van der Waals surface area contributed by atoms with E-state index in [1.165, 1.54) is 10.8 Å². The van der Waals surface area contributed by atoms with Crippen LogP contribution in [0.2, 0.25) is 0 Å². The molecule has 1 aromatic heterocycles. The molecule has 32 heavy (non-hydrogen) atoms. The molecule has 1 aliphatic carbocycles. The fourth-order valence-electron chi connectivity index (χ4n) is 3.46. The summed E-state index contributed by atoms with van der Waals surface area (Å²) in [6, 6.07) is 15.5. The van der Waals surface area contributed by atoms with Crippen LogP contribution < -0.4 is 10.5 Å². The summed E-state index contributed by atoms with van der Waals surface area (Å²) in [7, 11) is 0. The third-order valence-electron chi connectivity index (χ3n) is 5.61. The third-order valence-corrected chi connectivity index (χ3v) is 5.61. The number of aliphatic hydroxyl groups excluding tert-OH is 3.